The zero-order valence-electron chi connectivity index (χ0n) is 17.7. The Morgan fingerprint density at radius 1 is 1.41 bits per heavy atom. The van der Waals surface area contributed by atoms with Gasteiger partial charge in [0.05, 0.1) is 18.0 Å². The summed E-state index contributed by atoms with van der Waals surface area (Å²) >= 11 is 5.28. The molecule has 2 N–H and O–H groups in total. The van der Waals surface area contributed by atoms with Gasteiger partial charge in [-0.15, -0.1) is 0 Å². The van der Waals surface area contributed by atoms with Crippen molar-refractivity contribution >= 4 is 46.9 Å². The van der Waals surface area contributed by atoms with Gasteiger partial charge in [-0.05, 0) is 30.3 Å². The lowest BCUT2D eigenvalue weighted by molar-refractivity contribution is -0.384. The van der Waals surface area contributed by atoms with E-state index in [-0.39, 0.29) is 23.1 Å². The number of nitro benzene ring substituents is 1. The van der Waals surface area contributed by atoms with Crippen LogP contribution in [-0.4, -0.2) is 58.5 Å². The largest absolute Gasteiger partial charge is 0.466 e. The van der Waals surface area contributed by atoms with E-state index in [2.05, 4.69) is 10.6 Å². The molecule has 1 aliphatic rings. The van der Waals surface area contributed by atoms with E-state index in [1.165, 1.54) is 35.3 Å². The fourth-order valence-corrected chi connectivity index (χ4v) is 3.37. The summed E-state index contributed by atoms with van der Waals surface area (Å²) < 4.78 is 5.18. The molecule has 0 aliphatic carbocycles. The predicted molar refractivity (Wildman–Crippen MR) is 121 cm³/mol. The molecule has 1 fully saturated rings. The van der Waals surface area contributed by atoms with Crippen molar-refractivity contribution in [1.82, 2.24) is 15.5 Å². The van der Waals surface area contributed by atoms with E-state index in [0.29, 0.717) is 25.3 Å². The topological polar surface area (TPSA) is 131 Å². The number of thiocarbonyl (C=S) groups is 1. The van der Waals surface area contributed by atoms with Gasteiger partial charge in [0.25, 0.3) is 5.69 Å². The maximum absolute atomic E-state index is 12.3. The average molecular weight is 463 g/mol. The van der Waals surface area contributed by atoms with Crippen molar-refractivity contribution in [3.63, 3.8) is 0 Å². The summed E-state index contributed by atoms with van der Waals surface area (Å²) in [6.07, 6.45) is 5.13. The van der Waals surface area contributed by atoms with E-state index in [9.17, 15) is 24.5 Å². The number of hydrogen-bond acceptors (Lipinski definition) is 7. The van der Waals surface area contributed by atoms with Crippen LogP contribution in [0.1, 0.15) is 38.2 Å². The molecule has 0 spiro atoms. The van der Waals surface area contributed by atoms with Crippen LogP contribution in [0.3, 0.4) is 0 Å². The fraction of sp³-hybridized carbons (Fsp3) is 0.429. The highest BCUT2D eigenvalue weighted by molar-refractivity contribution is 7.80. The van der Waals surface area contributed by atoms with Gasteiger partial charge >= 0.3 is 5.97 Å². The minimum Gasteiger partial charge on any atom is -0.466 e. The number of carbonyl (C=O) groups is 3. The summed E-state index contributed by atoms with van der Waals surface area (Å²) in [5.41, 5.74) is 0.383. The van der Waals surface area contributed by atoms with Gasteiger partial charge in [-0.1, -0.05) is 31.9 Å². The molecule has 0 radical (unpaired) electrons. The second-order valence-electron chi connectivity index (χ2n) is 7.11. The number of amides is 2. The maximum Gasteiger partial charge on any atom is 0.308 e. The van der Waals surface area contributed by atoms with Crippen molar-refractivity contribution < 1.29 is 24.0 Å². The molecule has 0 bridgehead atoms. The lowest BCUT2D eigenvalue weighted by atomic mass is 10.1. The fourth-order valence-electron chi connectivity index (χ4n) is 3.05. The van der Waals surface area contributed by atoms with Gasteiger partial charge in [0.15, 0.2) is 5.11 Å². The smallest absolute Gasteiger partial charge is 0.308 e. The third kappa shape index (κ3) is 7.73. The van der Waals surface area contributed by atoms with Gasteiger partial charge < -0.3 is 15.0 Å². The first kappa shape index (κ1) is 24.9. The molecular weight excluding hydrogens is 436 g/mol. The van der Waals surface area contributed by atoms with Crippen molar-refractivity contribution in [2.75, 3.05) is 19.7 Å². The summed E-state index contributed by atoms with van der Waals surface area (Å²) in [6, 6.07) is 4.93. The van der Waals surface area contributed by atoms with Crippen LogP contribution < -0.4 is 10.6 Å². The summed E-state index contributed by atoms with van der Waals surface area (Å²) in [7, 11) is 0. The SMILES string of the molecule is CCCCCOC(=O)CC1C(=O)NCCN1C(=S)NC(=O)/C=C/c1cccc([N+](=O)[O-])c1. The van der Waals surface area contributed by atoms with Gasteiger partial charge in [-0.2, -0.15) is 0 Å². The molecule has 1 saturated heterocycles. The normalized spacial score (nSPS) is 15.8. The van der Waals surface area contributed by atoms with Crippen molar-refractivity contribution in [3.05, 3.63) is 46.0 Å². The molecule has 0 aromatic heterocycles. The maximum atomic E-state index is 12.3. The summed E-state index contributed by atoms with van der Waals surface area (Å²) in [5, 5.41) is 16.0. The van der Waals surface area contributed by atoms with E-state index >= 15 is 0 Å². The van der Waals surface area contributed by atoms with Crippen molar-refractivity contribution in [1.29, 1.82) is 0 Å². The lowest BCUT2D eigenvalue weighted by Gasteiger charge is -2.36. The number of nitro groups is 1. The number of carbonyl (C=O) groups excluding carboxylic acids is 3. The second kappa shape index (κ2) is 12.5. The molecular formula is C21H26N4O6S. The van der Waals surface area contributed by atoms with Crippen LogP contribution >= 0.6 is 12.2 Å². The Morgan fingerprint density at radius 2 is 2.19 bits per heavy atom. The average Bonchev–Trinajstić information content (AvgIpc) is 2.76. The molecule has 2 amide bonds. The van der Waals surface area contributed by atoms with Crippen LogP contribution in [0.5, 0.6) is 0 Å². The van der Waals surface area contributed by atoms with Crippen molar-refractivity contribution in [3.8, 4) is 0 Å². The van der Waals surface area contributed by atoms with Crippen LogP contribution in [0.25, 0.3) is 6.08 Å². The Morgan fingerprint density at radius 3 is 2.91 bits per heavy atom. The van der Waals surface area contributed by atoms with E-state index in [1.807, 2.05) is 6.92 Å². The third-order valence-corrected chi connectivity index (χ3v) is 5.04. The van der Waals surface area contributed by atoms with Crippen LogP contribution in [0.4, 0.5) is 5.69 Å². The van der Waals surface area contributed by atoms with Crippen molar-refractivity contribution in [2.45, 2.75) is 38.6 Å². The molecule has 1 aromatic rings. The zero-order chi connectivity index (χ0) is 23.5. The summed E-state index contributed by atoms with van der Waals surface area (Å²) in [5.74, 6) is -1.44. The van der Waals surface area contributed by atoms with E-state index in [1.54, 1.807) is 6.07 Å². The van der Waals surface area contributed by atoms with E-state index in [0.717, 1.165) is 19.3 Å². The van der Waals surface area contributed by atoms with Crippen LogP contribution in [0.2, 0.25) is 0 Å². The number of esters is 1. The number of rotatable bonds is 9. The van der Waals surface area contributed by atoms with Gasteiger partial charge in [0.1, 0.15) is 6.04 Å². The highest BCUT2D eigenvalue weighted by Crippen LogP contribution is 2.14. The molecule has 2 rings (SSSR count). The Labute approximate surface area is 191 Å². The van der Waals surface area contributed by atoms with E-state index in [4.69, 9.17) is 17.0 Å². The lowest BCUT2D eigenvalue weighted by Crippen LogP contribution is -2.60. The minimum atomic E-state index is -0.879. The van der Waals surface area contributed by atoms with Crippen LogP contribution in [-0.2, 0) is 19.1 Å². The van der Waals surface area contributed by atoms with E-state index < -0.39 is 22.8 Å². The molecule has 1 unspecified atom stereocenters. The first-order valence-electron chi connectivity index (χ1n) is 10.3. The minimum absolute atomic E-state index is 0.0114. The second-order valence-corrected chi connectivity index (χ2v) is 7.50. The number of unbranched alkanes of at least 4 members (excludes halogenated alkanes) is 2. The number of piperazine rings is 1. The molecule has 0 saturated carbocycles. The number of benzene rings is 1. The van der Waals surface area contributed by atoms with Gasteiger partial charge in [-0.25, -0.2) is 0 Å². The summed E-state index contributed by atoms with van der Waals surface area (Å²) in [6.45, 7) is 2.98. The monoisotopic (exact) mass is 462 g/mol. The zero-order valence-corrected chi connectivity index (χ0v) is 18.6. The molecule has 1 aromatic carbocycles. The molecule has 172 valence electrons. The molecule has 1 heterocycles. The quantitative estimate of drug-likeness (QED) is 0.142. The molecule has 11 heteroatoms. The van der Waals surface area contributed by atoms with Crippen LogP contribution in [0.15, 0.2) is 30.3 Å². The predicted octanol–water partition coefficient (Wildman–Crippen LogP) is 1.93. The number of hydrogen-bond donors (Lipinski definition) is 2. The number of nitrogens with one attached hydrogen (secondary N) is 2. The molecule has 1 atom stereocenters. The third-order valence-electron chi connectivity index (χ3n) is 4.70. The van der Waals surface area contributed by atoms with Gasteiger partial charge in [-0.3, -0.25) is 29.8 Å². The Bertz CT molecular complexity index is 904. The standard InChI is InChI=1S/C21H26N4O6S/c1-2-3-4-12-31-19(27)14-17-20(28)22-10-11-24(17)21(32)23-18(26)9-8-15-6-5-7-16(13-15)25(29)30/h5-9,13,17H,2-4,10-12,14H2,1H3,(H,22,28)(H,23,26,32)/b9-8+. The summed E-state index contributed by atoms with van der Waals surface area (Å²) in [4.78, 5) is 48.5. The highest BCUT2D eigenvalue weighted by atomic mass is 32.1. The number of non-ortho nitro benzene ring substituents is 1. The number of nitrogens with zero attached hydrogens (tertiary/aromatic N) is 2. The Kier molecular flexibility index (Phi) is 9.74. The highest BCUT2D eigenvalue weighted by Gasteiger charge is 2.34. The van der Waals surface area contributed by atoms with Crippen LogP contribution in [0, 0.1) is 10.1 Å². The van der Waals surface area contributed by atoms with Crippen molar-refractivity contribution in [2.24, 2.45) is 0 Å². The molecule has 1 aliphatic heterocycles. The first-order valence-corrected chi connectivity index (χ1v) is 10.7. The molecule has 32 heavy (non-hydrogen) atoms. The number of ether oxygens (including phenoxy) is 1. The Balaban J connectivity index is 1.95. The Hall–Kier alpha value is -3.34. The first-order chi connectivity index (χ1) is 15.3. The molecule has 10 nitrogen and oxygen atoms in total. The van der Waals surface area contributed by atoms with Gasteiger partial charge in [0, 0.05) is 31.3 Å². The van der Waals surface area contributed by atoms with Gasteiger partial charge in [0.2, 0.25) is 11.8 Å².